The Balaban J connectivity index is 1.23. The van der Waals surface area contributed by atoms with E-state index in [0.717, 1.165) is 51.0 Å². The van der Waals surface area contributed by atoms with Crippen molar-refractivity contribution in [2.45, 2.75) is 81.5 Å². The van der Waals surface area contributed by atoms with Crippen LogP contribution in [0.1, 0.15) is 52.9 Å². The highest BCUT2D eigenvalue weighted by Crippen LogP contribution is 2.41. The molecular weight excluding hydrogens is 447 g/mol. The average Bonchev–Trinajstić information content (AvgIpc) is 3.51. The maximum atomic E-state index is 14.2. The SMILES string of the molecule is CC(C)(C)OC(=O)N1CCN(C2CCC(COc3ccc(S(C)(=O)=O)cc3F)CC2)[C@H]2CC21. The summed E-state index contributed by atoms with van der Waals surface area (Å²) in [7, 11) is -3.44. The van der Waals surface area contributed by atoms with Crippen molar-refractivity contribution in [2.75, 3.05) is 26.0 Å². The first kappa shape index (κ1) is 24.3. The molecule has 2 aliphatic carbocycles. The van der Waals surface area contributed by atoms with E-state index < -0.39 is 21.3 Å². The largest absolute Gasteiger partial charge is 0.490 e. The maximum Gasteiger partial charge on any atom is 0.410 e. The number of nitrogens with zero attached hydrogens (tertiary/aromatic N) is 2. The topological polar surface area (TPSA) is 76.2 Å². The summed E-state index contributed by atoms with van der Waals surface area (Å²) in [6, 6.07) is 5.02. The van der Waals surface area contributed by atoms with Crippen LogP contribution in [0.5, 0.6) is 5.75 Å². The van der Waals surface area contributed by atoms with Gasteiger partial charge in [0.1, 0.15) is 5.60 Å². The minimum atomic E-state index is -3.44. The molecule has 4 rings (SSSR count). The third-order valence-corrected chi connectivity index (χ3v) is 7.98. The highest BCUT2D eigenvalue weighted by Gasteiger charge is 2.53. The van der Waals surface area contributed by atoms with Crippen LogP contribution in [0.25, 0.3) is 0 Å². The zero-order valence-electron chi connectivity index (χ0n) is 19.9. The summed E-state index contributed by atoms with van der Waals surface area (Å²) in [6.07, 6.45) is 6.03. The third kappa shape index (κ3) is 5.80. The number of carbonyl (C=O) groups is 1. The van der Waals surface area contributed by atoms with E-state index in [2.05, 4.69) is 4.90 Å². The number of rotatable bonds is 5. The number of hydrogen-bond donors (Lipinski definition) is 0. The number of sulfone groups is 1. The summed E-state index contributed by atoms with van der Waals surface area (Å²) < 4.78 is 48.6. The molecule has 0 bridgehead atoms. The van der Waals surface area contributed by atoms with Crippen molar-refractivity contribution >= 4 is 15.9 Å². The quantitative estimate of drug-likeness (QED) is 0.634. The van der Waals surface area contributed by atoms with Crippen molar-refractivity contribution < 1.29 is 27.1 Å². The fraction of sp³-hybridized carbons (Fsp3) is 0.708. The highest BCUT2D eigenvalue weighted by molar-refractivity contribution is 7.90. The molecule has 2 atom stereocenters. The lowest BCUT2D eigenvalue weighted by Gasteiger charge is -2.41. The van der Waals surface area contributed by atoms with E-state index in [4.69, 9.17) is 9.47 Å². The number of fused-ring (bicyclic) bond motifs is 1. The Morgan fingerprint density at radius 3 is 2.42 bits per heavy atom. The van der Waals surface area contributed by atoms with Crippen molar-refractivity contribution in [3.63, 3.8) is 0 Å². The van der Waals surface area contributed by atoms with Crippen LogP contribution in [0.3, 0.4) is 0 Å². The monoisotopic (exact) mass is 482 g/mol. The fourth-order valence-corrected chi connectivity index (χ4v) is 5.73. The summed E-state index contributed by atoms with van der Waals surface area (Å²) in [5.41, 5.74) is -0.474. The molecule has 1 aromatic rings. The summed E-state index contributed by atoms with van der Waals surface area (Å²) in [5, 5.41) is 0. The van der Waals surface area contributed by atoms with Gasteiger partial charge in [-0.1, -0.05) is 0 Å². The van der Waals surface area contributed by atoms with Crippen molar-refractivity contribution in [3.8, 4) is 5.75 Å². The van der Waals surface area contributed by atoms with Gasteiger partial charge in [0.05, 0.1) is 17.5 Å². The van der Waals surface area contributed by atoms with E-state index in [9.17, 15) is 17.6 Å². The van der Waals surface area contributed by atoms with Crippen LogP contribution in [0, 0.1) is 11.7 Å². The van der Waals surface area contributed by atoms with Crippen molar-refractivity contribution in [2.24, 2.45) is 5.92 Å². The van der Waals surface area contributed by atoms with Gasteiger partial charge in [0.25, 0.3) is 0 Å². The highest BCUT2D eigenvalue weighted by atomic mass is 32.2. The van der Waals surface area contributed by atoms with Crippen LogP contribution in [0.4, 0.5) is 9.18 Å². The van der Waals surface area contributed by atoms with E-state index in [1.54, 1.807) is 0 Å². The van der Waals surface area contributed by atoms with Crippen LogP contribution in [-0.2, 0) is 14.6 Å². The van der Waals surface area contributed by atoms with Gasteiger partial charge in [-0.15, -0.1) is 0 Å². The predicted molar refractivity (Wildman–Crippen MR) is 123 cm³/mol. The molecule has 0 N–H and O–H groups in total. The number of piperazine rings is 1. The van der Waals surface area contributed by atoms with Crippen LogP contribution in [-0.4, -0.2) is 74.0 Å². The van der Waals surface area contributed by atoms with Gasteiger partial charge in [-0.2, -0.15) is 0 Å². The Morgan fingerprint density at radius 2 is 1.82 bits per heavy atom. The van der Waals surface area contributed by atoms with Gasteiger partial charge in [-0.05, 0) is 77.0 Å². The van der Waals surface area contributed by atoms with Crippen molar-refractivity contribution in [3.05, 3.63) is 24.0 Å². The second-order valence-electron chi connectivity index (χ2n) is 10.6. The van der Waals surface area contributed by atoms with Gasteiger partial charge < -0.3 is 14.4 Å². The molecule has 184 valence electrons. The number of carbonyl (C=O) groups excluding carboxylic acids is 1. The summed E-state index contributed by atoms with van der Waals surface area (Å²) in [6.45, 7) is 7.71. The maximum absolute atomic E-state index is 14.2. The van der Waals surface area contributed by atoms with Crippen LogP contribution < -0.4 is 4.74 Å². The standard InChI is InChI=1S/C24H35FN2O5S/c1-24(2,3)32-23(28)27-12-11-26(20-14-21(20)27)17-7-5-16(6-8-17)15-31-22-10-9-18(13-19(22)25)33(4,29)30/h9-10,13,16-17,20-21H,5-8,11-12,14-15H2,1-4H3/t16?,17?,20-,21?/m0/s1. The Labute approximate surface area is 196 Å². The number of amides is 1. The number of halogens is 1. The fourth-order valence-electron chi connectivity index (χ4n) is 5.10. The van der Waals surface area contributed by atoms with Gasteiger partial charge in [-0.25, -0.2) is 17.6 Å². The van der Waals surface area contributed by atoms with E-state index in [1.165, 1.54) is 12.1 Å². The molecule has 1 aromatic carbocycles. The molecule has 33 heavy (non-hydrogen) atoms. The normalized spacial score (nSPS) is 28.2. The molecule has 9 heteroatoms. The number of benzene rings is 1. The molecule has 2 saturated carbocycles. The summed E-state index contributed by atoms with van der Waals surface area (Å²) in [4.78, 5) is 16.9. The minimum absolute atomic E-state index is 0.0435. The van der Waals surface area contributed by atoms with Crippen molar-refractivity contribution in [1.82, 2.24) is 9.80 Å². The first-order valence-electron chi connectivity index (χ1n) is 11.8. The third-order valence-electron chi connectivity index (χ3n) is 6.87. The lowest BCUT2D eigenvalue weighted by atomic mass is 9.85. The molecule has 1 heterocycles. The molecule has 1 saturated heterocycles. The van der Waals surface area contributed by atoms with Crippen LogP contribution >= 0.6 is 0 Å². The lowest BCUT2D eigenvalue weighted by molar-refractivity contribution is 0.00528. The Morgan fingerprint density at radius 1 is 1.12 bits per heavy atom. The molecule has 0 radical (unpaired) electrons. The Bertz CT molecular complexity index is 985. The van der Waals surface area contributed by atoms with Gasteiger partial charge in [0, 0.05) is 31.4 Å². The number of ether oxygens (including phenoxy) is 2. The van der Waals surface area contributed by atoms with Crippen LogP contribution in [0.2, 0.25) is 0 Å². The molecule has 1 aliphatic heterocycles. The van der Waals surface area contributed by atoms with E-state index in [1.807, 2.05) is 25.7 Å². The summed E-state index contributed by atoms with van der Waals surface area (Å²) >= 11 is 0. The Kier molecular flexibility index (Phi) is 6.66. The minimum Gasteiger partial charge on any atom is -0.490 e. The number of hydrogen-bond acceptors (Lipinski definition) is 6. The summed E-state index contributed by atoms with van der Waals surface area (Å²) in [5.74, 6) is -0.189. The van der Waals surface area contributed by atoms with Gasteiger partial charge >= 0.3 is 6.09 Å². The zero-order valence-corrected chi connectivity index (χ0v) is 20.7. The molecule has 0 aromatic heterocycles. The van der Waals surface area contributed by atoms with E-state index in [0.29, 0.717) is 31.2 Å². The van der Waals surface area contributed by atoms with E-state index in [-0.39, 0.29) is 22.8 Å². The Hall–Kier alpha value is -1.87. The van der Waals surface area contributed by atoms with Crippen molar-refractivity contribution in [1.29, 1.82) is 0 Å². The molecule has 3 aliphatic rings. The predicted octanol–water partition coefficient (Wildman–Crippen LogP) is 3.86. The molecule has 1 amide bonds. The first-order valence-corrected chi connectivity index (χ1v) is 13.7. The van der Waals surface area contributed by atoms with Gasteiger partial charge in [0.15, 0.2) is 21.4 Å². The van der Waals surface area contributed by atoms with Gasteiger partial charge in [-0.3, -0.25) is 4.90 Å². The average molecular weight is 483 g/mol. The molecular formula is C24H35FN2O5S. The van der Waals surface area contributed by atoms with Crippen LogP contribution in [0.15, 0.2) is 23.1 Å². The smallest absolute Gasteiger partial charge is 0.410 e. The van der Waals surface area contributed by atoms with E-state index >= 15 is 0 Å². The molecule has 0 spiro atoms. The second kappa shape index (κ2) is 9.06. The molecule has 1 unspecified atom stereocenters. The first-order chi connectivity index (χ1) is 15.4. The second-order valence-corrected chi connectivity index (χ2v) is 12.6. The molecule has 7 nitrogen and oxygen atoms in total. The molecule has 3 fully saturated rings. The van der Waals surface area contributed by atoms with Gasteiger partial charge in [0.2, 0.25) is 0 Å². The lowest BCUT2D eigenvalue weighted by Crippen LogP contribution is -2.53. The zero-order chi connectivity index (χ0) is 24.0.